The van der Waals surface area contributed by atoms with Crippen molar-refractivity contribution in [2.45, 2.75) is 19.8 Å². The Morgan fingerprint density at radius 3 is 2.58 bits per heavy atom. The molecule has 1 N–H and O–H groups in total. The van der Waals surface area contributed by atoms with Crippen LogP contribution in [-0.4, -0.2) is 34.4 Å². The number of benzene rings is 1. The number of nitrogens with one attached hydrogen (secondary N) is 1. The molecule has 0 amide bonds. The average molecular weight is 284 g/mol. The van der Waals surface area contributed by atoms with Gasteiger partial charge < -0.3 is 9.64 Å². The highest BCUT2D eigenvalue weighted by Gasteiger charge is 2.16. The van der Waals surface area contributed by atoms with Gasteiger partial charge in [0.2, 0.25) is 10.0 Å². The topological polar surface area (TPSA) is 58.6 Å². The molecule has 1 heterocycles. The number of ether oxygens (including phenoxy) is 1. The number of anilines is 2. The molecule has 106 valence electrons. The smallest absolute Gasteiger partial charge is 0.232 e. The van der Waals surface area contributed by atoms with E-state index in [-0.39, 0.29) is 5.75 Å². The van der Waals surface area contributed by atoms with Gasteiger partial charge in [-0.05, 0) is 38.0 Å². The summed E-state index contributed by atoms with van der Waals surface area (Å²) in [6, 6.07) is 5.62. The molecule has 0 radical (unpaired) electrons. The molecule has 5 nitrogen and oxygen atoms in total. The molecular weight excluding hydrogens is 264 g/mol. The third-order valence-electron chi connectivity index (χ3n) is 3.30. The van der Waals surface area contributed by atoms with Crippen LogP contribution in [0.4, 0.5) is 11.4 Å². The fourth-order valence-corrected chi connectivity index (χ4v) is 2.83. The van der Waals surface area contributed by atoms with E-state index in [0.29, 0.717) is 11.4 Å². The van der Waals surface area contributed by atoms with Crippen molar-refractivity contribution < 1.29 is 13.2 Å². The standard InChI is InChI=1S/C13H20N2O3S/c1-3-19(16,17)14-12-10-11(6-7-13(12)18-2)15-8-4-5-9-15/h6-7,10,14H,3-5,8-9H2,1-2H3. The van der Waals surface area contributed by atoms with Crippen molar-refractivity contribution in [3.8, 4) is 5.75 Å². The predicted molar refractivity (Wildman–Crippen MR) is 77.5 cm³/mol. The summed E-state index contributed by atoms with van der Waals surface area (Å²) >= 11 is 0. The van der Waals surface area contributed by atoms with E-state index in [2.05, 4.69) is 9.62 Å². The van der Waals surface area contributed by atoms with E-state index in [1.54, 1.807) is 13.0 Å². The number of hydrogen-bond acceptors (Lipinski definition) is 4. The summed E-state index contributed by atoms with van der Waals surface area (Å²) in [4.78, 5) is 2.25. The maximum Gasteiger partial charge on any atom is 0.232 e. The summed E-state index contributed by atoms with van der Waals surface area (Å²) in [5, 5.41) is 0. The van der Waals surface area contributed by atoms with Gasteiger partial charge in [-0.15, -0.1) is 0 Å². The van der Waals surface area contributed by atoms with Crippen LogP contribution >= 0.6 is 0 Å². The van der Waals surface area contributed by atoms with Crippen LogP contribution in [0.15, 0.2) is 18.2 Å². The molecule has 0 bridgehead atoms. The molecule has 0 aromatic heterocycles. The van der Waals surface area contributed by atoms with Crippen LogP contribution in [0.2, 0.25) is 0 Å². The summed E-state index contributed by atoms with van der Waals surface area (Å²) in [6.45, 7) is 3.65. The van der Waals surface area contributed by atoms with Gasteiger partial charge in [-0.1, -0.05) is 0 Å². The molecule has 2 rings (SSSR count). The molecule has 19 heavy (non-hydrogen) atoms. The van der Waals surface area contributed by atoms with Crippen molar-refractivity contribution in [1.29, 1.82) is 0 Å². The first kappa shape index (κ1) is 14.0. The predicted octanol–water partition coefficient (Wildman–Crippen LogP) is 2.06. The highest BCUT2D eigenvalue weighted by molar-refractivity contribution is 7.92. The number of methoxy groups -OCH3 is 1. The van der Waals surface area contributed by atoms with Crippen LogP contribution in [-0.2, 0) is 10.0 Å². The molecule has 1 aromatic carbocycles. The minimum Gasteiger partial charge on any atom is -0.495 e. The van der Waals surface area contributed by atoms with Gasteiger partial charge in [0.05, 0.1) is 18.6 Å². The fraction of sp³-hybridized carbons (Fsp3) is 0.538. The van der Waals surface area contributed by atoms with E-state index < -0.39 is 10.0 Å². The van der Waals surface area contributed by atoms with Gasteiger partial charge in [0.15, 0.2) is 0 Å². The van der Waals surface area contributed by atoms with Crippen LogP contribution in [0.25, 0.3) is 0 Å². The van der Waals surface area contributed by atoms with E-state index in [9.17, 15) is 8.42 Å². The molecule has 0 saturated carbocycles. The summed E-state index contributed by atoms with van der Waals surface area (Å²) in [5.74, 6) is 0.587. The van der Waals surface area contributed by atoms with Gasteiger partial charge in [0.25, 0.3) is 0 Å². The van der Waals surface area contributed by atoms with Crippen LogP contribution in [0.3, 0.4) is 0 Å². The van der Waals surface area contributed by atoms with Gasteiger partial charge in [-0.3, -0.25) is 4.72 Å². The van der Waals surface area contributed by atoms with Crippen molar-refractivity contribution in [3.05, 3.63) is 18.2 Å². The van der Waals surface area contributed by atoms with E-state index in [4.69, 9.17) is 4.74 Å². The number of sulfonamides is 1. The molecule has 1 aromatic rings. The lowest BCUT2D eigenvalue weighted by molar-refractivity contribution is 0.417. The second-order valence-electron chi connectivity index (χ2n) is 4.58. The van der Waals surface area contributed by atoms with Crippen LogP contribution < -0.4 is 14.4 Å². The Morgan fingerprint density at radius 1 is 1.32 bits per heavy atom. The summed E-state index contributed by atoms with van der Waals surface area (Å²) in [6.07, 6.45) is 2.37. The van der Waals surface area contributed by atoms with Crippen molar-refractivity contribution in [3.63, 3.8) is 0 Å². The molecule has 1 aliphatic heterocycles. The zero-order chi connectivity index (χ0) is 13.9. The molecule has 0 atom stereocenters. The van der Waals surface area contributed by atoms with Gasteiger partial charge in [0, 0.05) is 18.8 Å². The third kappa shape index (κ3) is 3.32. The zero-order valence-electron chi connectivity index (χ0n) is 11.3. The molecular formula is C13H20N2O3S. The zero-order valence-corrected chi connectivity index (χ0v) is 12.2. The van der Waals surface area contributed by atoms with E-state index in [0.717, 1.165) is 18.8 Å². The molecule has 1 saturated heterocycles. The highest BCUT2D eigenvalue weighted by atomic mass is 32.2. The second-order valence-corrected chi connectivity index (χ2v) is 6.60. The highest BCUT2D eigenvalue weighted by Crippen LogP contribution is 2.31. The maximum atomic E-state index is 11.7. The Bertz CT molecular complexity index is 537. The lowest BCUT2D eigenvalue weighted by atomic mass is 10.2. The van der Waals surface area contributed by atoms with Crippen LogP contribution in [0, 0.1) is 0 Å². The van der Waals surface area contributed by atoms with Crippen molar-refractivity contribution >= 4 is 21.4 Å². The fourth-order valence-electron chi connectivity index (χ4n) is 2.19. The van der Waals surface area contributed by atoms with Crippen molar-refractivity contribution in [2.24, 2.45) is 0 Å². The quantitative estimate of drug-likeness (QED) is 0.899. The Morgan fingerprint density at radius 2 is 2.00 bits per heavy atom. The molecule has 0 aliphatic carbocycles. The summed E-state index contributed by atoms with van der Waals surface area (Å²) in [7, 11) is -1.76. The molecule has 1 aliphatic rings. The Hall–Kier alpha value is -1.43. The van der Waals surface area contributed by atoms with Crippen LogP contribution in [0.1, 0.15) is 19.8 Å². The Kier molecular flexibility index (Phi) is 4.19. The minimum absolute atomic E-state index is 0.0457. The van der Waals surface area contributed by atoms with Crippen molar-refractivity contribution in [1.82, 2.24) is 0 Å². The van der Waals surface area contributed by atoms with Crippen molar-refractivity contribution in [2.75, 3.05) is 35.6 Å². The van der Waals surface area contributed by atoms with Gasteiger partial charge >= 0.3 is 0 Å². The SMILES string of the molecule is CCS(=O)(=O)Nc1cc(N2CCCC2)ccc1OC. The van der Waals surface area contributed by atoms with E-state index >= 15 is 0 Å². The first-order valence-corrected chi connectivity index (χ1v) is 8.14. The molecule has 1 fully saturated rings. The number of nitrogens with zero attached hydrogens (tertiary/aromatic N) is 1. The van der Waals surface area contributed by atoms with E-state index in [1.807, 2.05) is 12.1 Å². The summed E-state index contributed by atoms with van der Waals surface area (Å²) in [5.41, 5.74) is 1.54. The lowest BCUT2D eigenvalue weighted by Gasteiger charge is -2.20. The normalized spacial score (nSPS) is 15.6. The largest absolute Gasteiger partial charge is 0.495 e. The van der Waals surface area contributed by atoms with Gasteiger partial charge in [-0.25, -0.2) is 8.42 Å². The molecule has 0 spiro atoms. The molecule has 0 unspecified atom stereocenters. The Balaban J connectivity index is 2.30. The van der Waals surface area contributed by atoms with Gasteiger partial charge in [-0.2, -0.15) is 0 Å². The monoisotopic (exact) mass is 284 g/mol. The molecule has 6 heteroatoms. The summed E-state index contributed by atoms with van der Waals surface area (Å²) < 4.78 is 31.2. The Labute approximate surface area is 114 Å². The number of rotatable bonds is 5. The second kappa shape index (κ2) is 5.69. The van der Waals surface area contributed by atoms with Gasteiger partial charge in [0.1, 0.15) is 5.75 Å². The lowest BCUT2D eigenvalue weighted by Crippen LogP contribution is -2.19. The third-order valence-corrected chi connectivity index (χ3v) is 4.59. The van der Waals surface area contributed by atoms with E-state index in [1.165, 1.54) is 20.0 Å². The maximum absolute atomic E-state index is 11.7. The first-order valence-electron chi connectivity index (χ1n) is 6.49. The van der Waals surface area contributed by atoms with Crippen LogP contribution in [0.5, 0.6) is 5.75 Å². The first-order chi connectivity index (χ1) is 9.05. The minimum atomic E-state index is -3.29. The number of hydrogen-bond donors (Lipinski definition) is 1. The average Bonchev–Trinajstić information content (AvgIpc) is 2.92.